The summed E-state index contributed by atoms with van der Waals surface area (Å²) in [7, 11) is 0. The highest BCUT2D eigenvalue weighted by atomic mass is 19.4. The number of ether oxygens (including phenoxy) is 1. The number of ketones is 1. The van der Waals surface area contributed by atoms with Gasteiger partial charge in [-0.15, -0.1) is 0 Å². The largest absolute Gasteiger partial charge is 0.463 e. The average molecular weight is 346 g/mol. The zero-order valence-corrected chi connectivity index (χ0v) is 13.3. The molecule has 1 amide bonds. The lowest BCUT2D eigenvalue weighted by Gasteiger charge is -2.35. The van der Waals surface area contributed by atoms with Crippen LogP contribution in [0.1, 0.15) is 31.1 Å². The SMILES string of the molecule is CCOC(=O)C(NC(C)=O)(Nc1cccc(C(C)=O)c1)C(F)(F)F. The molecule has 1 rings (SSSR count). The summed E-state index contributed by atoms with van der Waals surface area (Å²) < 4.78 is 45.3. The number of carbonyl (C=O) groups is 3. The van der Waals surface area contributed by atoms with Crippen LogP contribution in [0.15, 0.2) is 24.3 Å². The number of rotatable bonds is 6. The Morgan fingerprint density at radius 1 is 1.17 bits per heavy atom. The van der Waals surface area contributed by atoms with Crippen molar-refractivity contribution in [2.45, 2.75) is 32.6 Å². The standard InChI is InChI=1S/C15H17F3N2O4/c1-4-24-13(23)14(15(16,17)18,19-10(3)22)20-12-7-5-6-11(8-12)9(2)21/h5-8,20H,4H2,1-3H3,(H,19,22). The van der Waals surface area contributed by atoms with Crippen LogP contribution in [0.4, 0.5) is 18.9 Å². The molecule has 132 valence electrons. The van der Waals surface area contributed by atoms with Crippen molar-refractivity contribution >= 4 is 23.3 Å². The summed E-state index contributed by atoms with van der Waals surface area (Å²) in [5.41, 5.74) is -3.51. The third kappa shape index (κ3) is 4.24. The smallest absolute Gasteiger partial charge is 0.441 e. The summed E-state index contributed by atoms with van der Waals surface area (Å²) in [5, 5.41) is 3.54. The molecule has 0 saturated carbocycles. The second-order valence-electron chi connectivity index (χ2n) is 4.91. The van der Waals surface area contributed by atoms with Crippen LogP contribution in [0.3, 0.4) is 0 Å². The molecule has 0 aromatic heterocycles. The van der Waals surface area contributed by atoms with E-state index in [0.29, 0.717) is 0 Å². The van der Waals surface area contributed by atoms with Gasteiger partial charge in [-0.25, -0.2) is 4.79 Å². The maximum absolute atomic E-state index is 13.6. The summed E-state index contributed by atoms with van der Waals surface area (Å²) in [6, 6.07) is 5.13. The monoisotopic (exact) mass is 346 g/mol. The van der Waals surface area contributed by atoms with E-state index in [9.17, 15) is 27.6 Å². The van der Waals surface area contributed by atoms with E-state index in [1.165, 1.54) is 32.0 Å². The molecule has 24 heavy (non-hydrogen) atoms. The third-order valence-corrected chi connectivity index (χ3v) is 2.97. The Bertz CT molecular complexity index is 646. The molecular formula is C15H17F3N2O4. The topological polar surface area (TPSA) is 84.5 Å². The van der Waals surface area contributed by atoms with Crippen LogP contribution >= 0.6 is 0 Å². The molecule has 0 fully saturated rings. The minimum atomic E-state index is -5.20. The molecule has 0 aliphatic rings. The highest BCUT2D eigenvalue weighted by molar-refractivity contribution is 5.95. The van der Waals surface area contributed by atoms with Crippen LogP contribution < -0.4 is 10.6 Å². The van der Waals surface area contributed by atoms with Gasteiger partial charge in [0.05, 0.1) is 6.61 Å². The second kappa shape index (κ2) is 7.33. The van der Waals surface area contributed by atoms with Crippen LogP contribution in [0, 0.1) is 0 Å². The summed E-state index contributed by atoms with van der Waals surface area (Å²) in [6.07, 6.45) is -5.20. The number of halogens is 3. The van der Waals surface area contributed by atoms with E-state index in [2.05, 4.69) is 4.74 Å². The first-order valence-corrected chi connectivity index (χ1v) is 6.95. The van der Waals surface area contributed by atoms with Crippen molar-refractivity contribution in [2.75, 3.05) is 11.9 Å². The van der Waals surface area contributed by atoms with Gasteiger partial charge < -0.3 is 15.4 Å². The Morgan fingerprint density at radius 2 is 1.79 bits per heavy atom. The van der Waals surface area contributed by atoms with E-state index in [0.717, 1.165) is 13.0 Å². The van der Waals surface area contributed by atoms with E-state index in [1.54, 1.807) is 5.32 Å². The number of esters is 1. The van der Waals surface area contributed by atoms with Crippen molar-refractivity contribution in [1.82, 2.24) is 5.32 Å². The van der Waals surface area contributed by atoms with Gasteiger partial charge in [0.25, 0.3) is 0 Å². The predicted molar refractivity (Wildman–Crippen MR) is 79.3 cm³/mol. The molecule has 1 atom stereocenters. The number of Topliss-reactive ketones (excluding diaryl/α,β-unsaturated/α-hetero) is 1. The van der Waals surface area contributed by atoms with Gasteiger partial charge in [-0.3, -0.25) is 9.59 Å². The van der Waals surface area contributed by atoms with Gasteiger partial charge >= 0.3 is 17.8 Å². The number of benzene rings is 1. The maximum atomic E-state index is 13.6. The summed E-state index contributed by atoms with van der Waals surface area (Å²) in [4.78, 5) is 34.6. The Morgan fingerprint density at radius 3 is 2.25 bits per heavy atom. The maximum Gasteiger partial charge on any atom is 0.441 e. The molecule has 0 aliphatic carbocycles. The number of alkyl halides is 3. The van der Waals surface area contributed by atoms with E-state index >= 15 is 0 Å². The Labute approximate surface area is 136 Å². The van der Waals surface area contributed by atoms with E-state index in [1.807, 2.05) is 5.32 Å². The Kier molecular flexibility index (Phi) is 5.94. The van der Waals surface area contributed by atoms with Crippen molar-refractivity contribution in [2.24, 2.45) is 0 Å². The fourth-order valence-corrected chi connectivity index (χ4v) is 1.93. The van der Waals surface area contributed by atoms with Gasteiger partial charge in [0.2, 0.25) is 5.91 Å². The molecule has 1 aromatic carbocycles. The quantitative estimate of drug-likeness (QED) is 0.469. The zero-order chi connectivity index (χ0) is 18.5. The van der Waals surface area contributed by atoms with Crippen LogP contribution in [0.25, 0.3) is 0 Å². The number of carbonyl (C=O) groups excluding carboxylic acids is 3. The lowest BCUT2D eigenvalue weighted by molar-refractivity contribution is -0.207. The van der Waals surface area contributed by atoms with Gasteiger partial charge in [-0.2, -0.15) is 13.2 Å². The fraction of sp³-hybridized carbons (Fsp3) is 0.400. The molecule has 0 heterocycles. The Balaban J connectivity index is 3.40. The molecule has 2 N–H and O–H groups in total. The predicted octanol–water partition coefficient (Wildman–Crippen LogP) is 2.26. The summed E-state index contributed by atoms with van der Waals surface area (Å²) in [6.45, 7) is 3.11. The summed E-state index contributed by atoms with van der Waals surface area (Å²) >= 11 is 0. The first-order valence-electron chi connectivity index (χ1n) is 6.95. The van der Waals surface area contributed by atoms with Crippen molar-refractivity contribution in [3.63, 3.8) is 0 Å². The third-order valence-electron chi connectivity index (χ3n) is 2.97. The van der Waals surface area contributed by atoms with E-state index < -0.39 is 23.7 Å². The minimum Gasteiger partial charge on any atom is -0.463 e. The van der Waals surface area contributed by atoms with Crippen LogP contribution in [0.5, 0.6) is 0 Å². The second-order valence-corrected chi connectivity index (χ2v) is 4.91. The molecule has 0 bridgehead atoms. The normalized spacial score (nSPS) is 13.6. The van der Waals surface area contributed by atoms with Crippen LogP contribution in [-0.2, 0) is 14.3 Å². The highest BCUT2D eigenvalue weighted by Gasteiger charge is 2.63. The van der Waals surface area contributed by atoms with Crippen molar-refractivity contribution in [1.29, 1.82) is 0 Å². The lowest BCUT2D eigenvalue weighted by Crippen LogP contribution is -2.69. The fourth-order valence-electron chi connectivity index (χ4n) is 1.93. The van der Waals surface area contributed by atoms with Crippen LogP contribution in [0.2, 0.25) is 0 Å². The van der Waals surface area contributed by atoms with Gasteiger partial charge in [0.1, 0.15) is 0 Å². The molecule has 6 nitrogen and oxygen atoms in total. The van der Waals surface area contributed by atoms with Gasteiger partial charge in [-0.05, 0) is 26.0 Å². The molecule has 0 spiro atoms. The van der Waals surface area contributed by atoms with Crippen LogP contribution in [-0.4, -0.2) is 36.1 Å². The number of hydrogen-bond acceptors (Lipinski definition) is 5. The molecule has 9 heteroatoms. The minimum absolute atomic E-state index is 0.141. The molecule has 0 radical (unpaired) electrons. The molecule has 0 saturated heterocycles. The first-order chi connectivity index (χ1) is 11.0. The van der Waals surface area contributed by atoms with E-state index in [-0.39, 0.29) is 23.6 Å². The molecule has 1 unspecified atom stereocenters. The first kappa shape index (κ1) is 19.5. The zero-order valence-electron chi connectivity index (χ0n) is 13.3. The van der Waals surface area contributed by atoms with Gasteiger partial charge in [0, 0.05) is 18.2 Å². The molecule has 1 aromatic rings. The average Bonchev–Trinajstić information content (AvgIpc) is 2.45. The summed E-state index contributed by atoms with van der Waals surface area (Å²) in [5.74, 6) is -3.16. The van der Waals surface area contributed by atoms with Gasteiger partial charge in [0.15, 0.2) is 5.78 Å². The van der Waals surface area contributed by atoms with Crippen molar-refractivity contribution in [3.05, 3.63) is 29.8 Å². The highest BCUT2D eigenvalue weighted by Crippen LogP contribution is 2.33. The molecular weight excluding hydrogens is 329 g/mol. The Hall–Kier alpha value is -2.58. The van der Waals surface area contributed by atoms with Gasteiger partial charge in [-0.1, -0.05) is 12.1 Å². The van der Waals surface area contributed by atoms with Crippen molar-refractivity contribution < 1.29 is 32.3 Å². The lowest BCUT2D eigenvalue weighted by atomic mass is 10.1. The molecule has 0 aliphatic heterocycles. The number of nitrogens with one attached hydrogen (secondary N) is 2. The number of amides is 1. The number of hydrogen-bond donors (Lipinski definition) is 2. The van der Waals surface area contributed by atoms with Crippen molar-refractivity contribution in [3.8, 4) is 0 Å². The number of anilines is 1. The van der Waals surface area contributed by atoms with E-state index in [4.69, 9.17) is 0 Å².